The summed E-state index contributed by atoms with van der Waals surface area (Å²) in [7, 11) is 0. The van der Waals surface area contributed by atoms with E-state index in [2.05, 4.69) is 10.3 Å². The van der Waals surface area contributed by atoms with Gasteiger partial charge in [-0.15, -0.1) is 5.10 Å². The highest BCUT2D eigenvalue weighted by atomic mass is 16.6. The van der Waals surface area contributed by atoms with E-state index in [0.29, 0.717) is 18.4 Å². The van der Waals surface area contributed by atoms with Crippen molar-refractivity contribution in [1.29, 1.82) is 0 Å². The lowest BCUT2D eigenvalue weighted by molar-refractivity contribution is -0.157. The average Bonchev–Trinajstić information content (AvgIpc) is 3.56. The van der Waals surface area contributed by atoms with Gasteiger partial charge in [0.2, 0.25) is 5.91 Å². The average molecular weight is 550 g/mol. The molecule has 7 atom stereocenters. The quantitative estimate of drug-likeness (QED) is 0.426. The van der Waals surface area contributed by atoms with Crippen molar-refractivity contribution in [2.45, 2.75) is 63.6 Å². The fraction of sp³-hybridized carbons (Fsp3) is 0.552. The standard InChI is InChI=1S/C29H35N5O6/c1-3-18(2)21(16-35)34-25-27(37)32(17-33-20-11-7-6-10-19(20)30-31-33)14-9-13-29(25)24(26(34)36)23-22(40-29)12-5-4-8-15-39-28(23)38/h5-7,9-13,18,21-25,35H,3-4,8,14-17H2,1-2H3/b12-5-/t18-,21-,22-,23+,24-,25?,29-/m0/s1. The Bertz CT molecular complexity index is 1370. The molecule has 11 heteroatoms. The number of aliphatic hydroxyl groups excluding tert-OH is 1. The maximum atomic E-state index is 14.5. The van der Waals surface area contributed by atoms with Crippen LogP contribution in [0.3, 0.4) is 0 Å². The molecule has 1 aromatic carbocycles. The molecule has 1 N–H and O–H groups in total. The zero-order valence-corrected chi connectivity index (χ0v) is 22.8. The lowest BCUT2D eigenvalue weighted by atomic mass is 9.78. The molecular formula is C29H35N5O6. The Morgan fingerprint density at radius 3 is 2.80 bits per heavy atom. The van der Waals surface area contributed by atoms with Crippen LogP contribution in [0.4, 0.5) is 0 Å². The van der Waals surface area contributed by atoms with Gasteiger partial charge in [0, 0.05) is 6.54 Å². The first-order valence-electron chi connectivity index (χ1n) is 14.1. The number of fused-ring (bicyclic) bond motifs is 3. The Morgan fingerprint density at radius 1 is 1.18 bits per heavy atom. The largest absolute Gasteiger partial charge is 0.465 e. The van der Waals surface area contributed by atoms with Crippen molar-refractivity contribution in [3.8, 4) is 0 Å². The monoisotopic (exact) mass is 549 g/mol. The number of aromatic nitrogens is 3. The van der Waals surface area contributed by atoms with Crippen LogP contribution in [0.2, 0.25) is 0 Å². The highest BCUT2D eigenvalue weighted by Crippen LogP contribution is 2.54. The van der Waals surface area contributed by atoms with E-state index in [9.17, 15) is 19.5 Å². The number of hydrogen-bond acceptors (Lipinski definition) is 8. The highest BCUT2D eigenvalue weighted by molar-refractivity contribution is 5.99. The van der Waals surface area contributed by atoms with Gasteiger partial charge in [0.15, 0.2) is 0 Å². The number of likely N-dealkylation sites (tertiary alicyclic amines) is 1. The minimum absolute atomic E-state index is 0.0965. The normalized spacial score (nSPS) is 32.4. The summed E-state index contributed by atoms with van der Waals surface area (Å²) in [6, 6.07) is 5.81. The molecule has 1 aromatic heterocycles. The summed E-state index contributed by atoms with van der Waals surface area (Å²) in [5.41, 5.74) is 0.109. The van der Waals surface area contributed by atoms with Crippen molar-refractivity contribution in [2.75, 3.05) is 19.8 Å². The Kier molecular flexibility index (Phi) is 6.95. The molecule has 5 heterocycles. The molecule has 212 valence electrons. The first-order valence-corrected chi connectivity index (χ1v) is 14.1. The Balaban J connectivity index is 1.44. The number of cyclic esters (lactones) is 1. The number of nitrogens with zero attached hydrogens (tertiary/aromatic N) is 5. The molecule has 2 fully saturated rings. The first-order chi connectivity index (χ1) is 19.4. The number of aliphatic hydroxyl groups is 1. The van der Waals surface area contributed by atoms with Crippen molar-refractivity contribution in [3.63, 3.8) is 0 Å². The molecule has 2 aromatic rings. The van der Waals surface area contributed by atoms with E-state index in [1.165, 1.54) is 4.90 Å². The van der Waals surface area contributed by atoms with E-state index in [4.69, 9.17) is 9.47 Å². The van der Waals surface area contributed by atoms with Gasteiger partial charge in [-0.05, 0) is 30.9 Å². The zero-order chi connectivity index (χ0) is 28.0. The number of amides is 2. The van der Waals surface area contributed by atoms with Gasteiger partial charge in [0.25, 0.3) is 5.91 Å². The maximum Gasteiger partial charge on any atom is 0.312 e. The summed E-state index contributed by atoms with van der Waals surface area (Å²) < 4.78 is 13.9. The number of ether oxygens (including phenoxy) is 2. The van der Waals surface area contributed by atoms with Crippen molar-refractivity contribution in [2.24, 2.45) is 17.8 Å². The molecule has 0 saturated carbocycles. The second-order valence-corrected chi connectivity index (χ2v) is 11.1. The fourth-order valence-corrected chi connectivity index (χ4v) is 6.72. The molecular weight excluding hydrogens is 514 g/mol. The van der Waals surface area contributed by atoms with E-state index in [1.807, 2.05) is 56.3 Å². The minimum atomic E-state index is -1.38. The molecule has 2 amide bonds. The van der Waals surface area contributed by atoms with E-state index in [-0.39, 0.29) is 44.2 Å². The number of para-hydroxylation sites is 1. The molecule has 11 nitrogen and oxygen atoms in total. The first kappa shape index (κ1) is 26.6. The smallest absolute Gasteiger partial charge is 0.312 e. The highest BCUT2D eigenvalue weighted by Gasteiger charge is 2.72. The molecule has 1 spiro atoms. The van der Waals surface area contributed by atoms with Gasteiger partial charge in [-0.3, -0.25) is 14.4 Å². The molecule has 2 saturated heterocycles. The number of allylic oxidation sites excluding steroid dienone is 1. The summed E-state index contributed by atoms with van der Waals surface area (Å²) in [4.78, 5) is 45.4. The third-order valence-electron chi connectivity index (χ3n) is 8.94. The van der Waals surface area contributed by atoms with E-state index in [0.717, 1.165) is 11.9 Å². The molecule has 40 heavy (non-hydrogen) atoms. The van der Waals surface area contributed by atoms with Gasteiger partial charge in [-0.2, -0.15) is 0 Å². The third-order valence-corrected chi connectivity index (χ3v) is 8.94. The van der Waals surface area contributed by atoms with E-state index >= 15 is 0 Å². The topological polar surface area (TPSA) is 127 Å². The molecule has 6 rings (SSSR count). The zero-order valence-electron chi connectivity index (χ0n) is 22.8. The Morgan fingerprint density at radius 2 is 2.00 bits per heavy atom. The van der Waals surface area contributed by atoms with Crippen molar-refractivity contribution >= 4 is 28.8 Å². The van der Waals surface area contributed by atoms with Crippen molar-refractivity contribution in [3.05, 3.63) is 48.6 Å². The summed E-state index contributed by atoms with van der Waals surface area (Å²) in [6.07, 6.45) is 8.80. The predicted molar refractivity (Wildman–Crippen MR) is 143 cm³/mol. The number of esters is 1. The van der Waals surface area contributed by atoms with Gasteiger partial charge in [-0.25, -0.2) is 4.68 Å². The van der Waals surface area contributed by atoms with Crippen LogP contribution in [0.25, 0.3) is 11.0 Å². The molecule has 0 aliphatic carbocycles. The maximum absolute atomic E-state index is 14.5. The number of hydrogen-bond donors (Lipinski definition) is 1. The van der Waals surface area contributed by atoms with Crippen molar-refractivity contribution in [1.82, 2.24) is 24.8 Å². The lowest BCUT2D eigenvalue weighted by Crippen LogP contribution is -2.59. The second kappa shape index (κ2) is 10.4. The molecule has 4 aliphatic heterocycles. The lowest BCUT2D eigenvalue weighted by Gasteiger charge is -2.40. The fourth-order valence-electron chi connectivity index (χ4n) is 6.72. The second-order valence-electron chi connectivity index (χ2n) is 11.1. The van der Waals surface area contributed by atoms with E-state index < -0.39 is 41.6 Å². The third kappa shape index (κ3) is 4.05. The van der Waals surface area contributed by atoms with Crippen LogP contribution in [0, 0.1) is 17.8 Å². The van der Waals surface area contributed by atoms with Crippen LogP contribution < -0.4 is 0 Å². The number of benzene rings is 1. The van der Waals surface area contributed by atoms with Crippen LogP contribution >= 0.6 is 0 Å². The Hall–Kier alpha value is -3.57. The van der Waals surface area contributed by atoms with Crippen LogP contribution in [-0.4, -0.2) is 91.2 Å². The minimum Gasteiger partial charge on any atom is -0.465 e. The molecule has 4 aliphatic rings. The number of rotatable bonds is 6. The van der Waals surface area contributed by atoms with Crippen LogP contribution in [0.5, 0.6) is 0 Å². The van der Waals surface area contributed by atoms with Gasteiger partial charge < -0.3 is 24.4 Å². The summed E-state index contributed by atoms with van der Waals surface area (Å²) in [5.74, 6) is -3.14. The van der Waals surface area contributed by atoms with Crippen LogP contribution in [0.1, 0.15) is 33.1 Å². The predicted octanol–water partition coefficient (Wildman–Crippen LogP) is 1.67. The summed E-state index contributed by atoms with van der Waals surface area (Å²) in [6.45, 7) is 4.24. The van der Waals surface area contributed by atoms with Gasteiger partial charge in [-0.1, -0.05) is 61.9 Å². The Labute approximate surface area is 232 Å². The van der Waals surface area contributed by atoms with Gasteiger partial charge >= 0.3 is 5.97 Å². The molecule has 1 unspecified atom stereocenters. The number of carbonyl (C=O) groups excluding carboxylic acids is 3. The number of carbonyl (C=O) groups is 3. The van der Waals surface area contributed by atoms with Crippen LogP contribution in [0.15, 0.2) is 48.6 Å². The van der Waals surface area contributed by atoms with E-state index in [1.54, 1.807) is 15.7 Å². The van der Waals surface area contributed by atoms with Gasteiger partial charge in [0.05, 0.1) is 36.8 Å². The van der Waals surface area contributed by atoms with Gasteiger partial charge in [0.1, 0.15) is 29.7 Å². The summed E-state index contributed by atoms with van der Waals surface area (Å²) in [5, 5.41) is 19.0. The molecule has 0 bridgehead atoms. The SMILES string of the molecule is CC[C@H](C)[C@H](CO)N1C(=O)[C@@H]2[C@@H]3C(=O)OCCC/C=C\[C@@H]3O[C@@]23C=CCN(Cn2nnc4ccccc42)C(=O)C13. The van der Waals surface area contributed by atoms with Crippen molar-refractivity contribution < 1.29 is 29.0 Å². The summed E-state index contributed by atoms with van der Waals surface area (Å²) >= 11 is 0. The van der Waals surface area contributed by atoms with Crippen LogP contribution in [-0.2, 0) is 30.5 Å². The molecule has 0 radical (unpaired) electrons.